The molecule has 2 aliphatic rings. The molecule has 0 N–H and O–H groups in total. The zero-order valence-electron chi connectivity index (χ0n) is 17.1. The minimum atomic E-state index is -2.45. The number of imidazole rings is 1. The van der Waals surface area contributed by atoms with Crippen molar-refractivity contribution in [1.29, 1.82) is 0 Å². The Morgan fingerprint density at radius 3 is 2.58 bits per heavy atom. The normalized spacial score (nSPS) is 11.5. The second-order valence-corrected chi connectivity index (χ2v) is 7.87. The summed E-state index contributed by atoms with van der Waals surface area (Å²) in [6, 6.07) is 15.1. The first-order valence-electron chi connectivity index (χ1n) is 10.1. The van der Waals surface area contributed by atoms with E-state index in [-0.39, 0.29) is 22.8 Å². The van der Waals surface area contributed by atoms with E-state index < -0.39 is 12.2 Å². The molecule has 3 aromatic rings. The van der Waals surface area contributed by atoms with Crippen LogP contribution in [-0.2, 0) is 13.0 Å². The van der Waals surface area contributed by atoms with E-state index in [9.17, 15) is 13.2 Å². The van der Waals surface area contributed by atoms with Gasteiger partial charge in [0.05, 0.1) is 22.8 Å². The van der Waals surface area contributed by atoms with Crippen molar-refractivity contribution in [2.45, 2.75) is 19.4 Å². The maximum atomic E-state index is 14.3. The minimum Gasteiger partial charge on any atom is -0.359 e. The molecule has 0 aliphatic carbocycles. The van der Waals surface area contributed by atoms with Crippen molar-refractivity contribution in [3.63, 3.8) is 0 Å². The topological polar surface area (TPSA) is 56.7 Å². The van der Waals surface area contributed by atoms with Gasteiger partial charge in [-0.3, -0.25) is 0 Å². The SMILES string of the molecule is Fc1c(Cl)cccc1-c1nc2ccn(Cc3cc(-c4ccccc4CC(F)F)no3)cc-2n1. The quantitative estimate of drug-likeness (QED) is 0.291. The van der Waals surface area contributed by atoms with E-state index in [1.165, 1.54) is 6.07 Å². The predicted molar refractivity (Wildman–Crippen MR) is 118 cm³/mol. The van der Waals surface area contributed by atoms with E-state index in [4.69, 9.17) is 16.1 Å². The number of halogens is 4. The number of benzene rings is 2. The molecule has 0 unspecified atom stereocenters. The summed E-state index contributed by atoms with van der Waals surface area (Å²) in [6.45, 7) is 0.341. The van der Waals surface area contributed by atoms with E-state index in [0.29, 0.717) is 40.5 Å². The highest BCUT2D eigenvalue weighted by Crippen LogP contribution is 2.30. The van der Waals surface area contributed by atoms with Gasteiger partial charge in [-0.05, 0) is 23.8 Å². The van der Waals surface area contributed by atoms with Crippen LogP contribution in [-0.4, -0.2) is 26.1 Å². The molecule has 0 saturated heterocycles. The average Bonchev–Trinajstić information content (AvgIpc) is 3.42. The molecule has 0 radical (unpaired) electrons. The molecule has 1 aromatic heterocycles. The summed E-state index contributed by atoms with van der Waals surface area (Å²) in [7, 11) is 0. The largest absolute Gasteiger partial charge is 0.359 e. The van der Waals surface area contributed by atoms with Crippen molar-refractivity contribution in [1.82, 2.24) is 19.7 Å². The van der Waals surface area contributed by atoms with Crippen LogP contribution in [0.15, 0.2) is 71.5 Å². The van der Waals surface area contributed by atoms with Crippen molar-refractivity contribution in [2.24, 2.45) is 0 Å². The maximum Gasteiger partial charge on any atom is 0.242 e. The molecule has 2 aromatic carbocycles. The van der Waals surface area contributed by atoms with Crippen molar-refractivity contribution >= 4 is 11.6 Å². The zero-order valence-corrected chi connectivity index (χ0v) is 17.8. The highest BCUT2D eigenvalue weighted by Gasteiger charge is 2.18. The Morgan fingerprint density at radius 1 is 0.939 bits per heavy atom. The summed E-state index contributed by atoms with van der Waals surface area (Å²) in [5.74, 6) is 0.228. The third-order valence-corrected chi connectivity index (χ3v) is 5.48. The van der Waals surface area contributed by atoms with Crippen LogP contribution in [0.1, 0.15) is 11.3 Å². The first-order chi connectivity index (χ1) is 16.0. The van der Waals surface area contributed by atoms with Crippen LogP contribution in [0.2, 0.25) is 5.02 Å². The van der Waals surface area contributed by atoms with Gasteiger partial charge in [0.2, 0.25) is 6.43 Å². The van der Waals surface area contributed by atoms with Crippen LogP contribution in [0.5, 0.6) is 0 Å². The molecule has 0 spiro atoms. The summed E-state index contributed by atoms with van der Waals surface area (Å²) < 4.78 is 47.4. The molecular weight excluding hydrogens is 453 g/mol. The lowest BCUT2D eigenvalue weighted by atomic mass is 10.0. The van der Waals surface area contributed by atoms with Crippen LogP contribution in [0.25, 0.3) is 34.0 Å². The molecule has 0 bridgehead atoms. The van der Waals surface area contributed by atoms with Gasteiger partial charge in [0, 0.05) is 30.4 Å². The first-order valence-corrected chi connectivity index (χ1v) is 10.5. The molecule has 166 valence electrons. The number of rotatable bonds is 6. The lowest BCUT2D eigenvalue weighted by Gasteiger charge is -2.06. The van der Waals surface area contributed by atoms with Gasteiger partial charge in [-0.25, -0.2) is 23.1 Å². The summed E-state index contributed by atoms with van der Waals surface area (Å²) in [5.41, 5.74) is 3.04. The van der Waals surface area contributed by atoms with Gasteiger partial charge in [-0.1, -0.05) is 47.1 Å². The Kier molecular flexibility index (Phi) is 5.60. The third kappa shape index (κ3) is 4.34. The van der Waals surface area contributed by atoms with E-state index in [1.807, 2.05) is 4.57 Å². The molecule has 0 saturated carbocycles. The highest BCUT2D eigenvalue weighted by atomic mass is 35.5. The Hall–Kier alpha value is -3.65. The molecule has 3 heterocycles. The van der Waals surface area contributed by atoms with E-state index in [1.54, 1.807) is 60.9 Å². The van der Waals surface area contributed by atoms with Crippen LogP contribution >= 0.6 is 11.6 Å². The Labute approximate surface area is 191 Å². The highest BCUT2D eigenvalue weighted by molar-refractivity contribution is 6.31. The van der Waals surface area contributed by atoms with Gasteiger partial charge in [0.15, 0.2) is 17.4 Å². The van der Waals surface area contributed by atoms with Gasteiger partial charge < -0.3 is 9.09 Å². The number of fused-ring (bicyclic) bond motifs is 1. The number of alkyl halides is 2. The van der Waals surface area contributed by atoms with Crippen molar-refractivity contribution in [2.75, 3.05) is 0 Å². The van der Waals surface area contributed by atoms with Gasteiger partial charge in [-0.15, -0.1) is 0 Å². The predicted octanol–water partition coefficient (Wildman–Crippen LogP) is 6.35. The number of hydrogen-bond acceptors (Lipinski definition) is 4. The summed E-state index contributed by atoms with van der Waals surface area (Å²) in [4.78, 5) is 8.82. The molecule has 0 fully saturated rings. The van der Waals surface area contributed by atoms with Gasteiger partial charge in [-0.2, -0.15) is 0 Å². The number of nitrogens with zero attached hydrogens (tertiary/aromatic N) is 4. The summed E-state index contributed by atoms with van der Waals surface area (Å²) >= 11 is 5.87. The van der Waals surface area contributed by atoms with E-state index >= 15 is 0 Å². The number of hydrogen-bond donors (Lipinski definition) is 0. The fraction of sp³-hybridized carbons (Fsp3) is 0.125. The molecule has 9 heteroatoms. The van der Waals surface area contributed by atoms with Crippen LogP contribution < -0.4 is 0 Å². The standard InChI is InChI=1S/C24H16ClF3N4O/c25-18-7-3-6-17(23(18)28)24-29-19-8-9-32(13-21(19)30-24)12-15-11-20(31-33-15)16-5-2-1-4-14(16)10-22(26)27/h1-9,11,13,22H,10,12H2. The Balaban J connectivity index is 1.41. The molecule has 2 aliphatic heterocycles. The Bertz CT molecular complexity index is 1400. The average molecular weight is 469 g/mol. The Morgan fingerprint density at radius 2 is 1.73 bits per heavy atom. The lowest BCUT2D eigenvalue weighted by Crippen LogP contribution is -2.00. The van der Waals surface area contributed by atoms with Crippen LogP contribution in [0.3, 0.4) is 0 Å². The van der Waals surface area contributed by atoms with Gasteiger partial charge in [0.25, 0.3) is 0 Å². The molecule has 33 heavy (non-hydrogen) atoms. The summed E-state index contributed by atoms with van der Waals surface area (Å²) in [5, 5.41) is 4.07. The van der Waals surface area contributed by atoms with Crippen LogP contribution in [0, 0.1) is 5.82 Å². The second-order valence-electron chi connectivity index (χ2n) is 7.47. The van der Waals surface area contributed by atoms with E-state index in [2.05, 4.69) is 15.1 Å². The molecule has 0 amide bonds. The monoisotopic (exact) mass is 468 g/mol. The molecule has 5 rings (SSSR count). The first kappa shape index (κ1) is 21.2. The van der Waals surface area contributed by atoms with Crippen molar-refractivity contribution in [3.05, 3.63) is 89.2 Å². The summed E-state index contributed by atoms with van der Waals surface area (Å²) in [6.07, 6.45) is 0.758. The zero-order chi connectivity index (χ0) is 22.9. The van der Waals surface area contributed by atoms with Crippen molar-refractivity contribution in [3.8, 4) is 34.0 Å². The maximum absolute atomic E-state index is 14.3. The van der Waals surface area contributed by atoms with E-state index in [0.717, 1.165) is 0 Å². The number of aromatic nitrogens is 4. The third-order valence-electron chi connectivity index (χ3n) is 5.18. The van der Waals surface area contributed by atoms with Gasteiger partial charge >= 0.3 is 0 Å². The fourth-order valence-corrected chi connectivity index (χ4v) is 3.83. The molecular formula is C24H16ClF3N4O. The van der Waals surface area contributed by atoms with Gasteiger partial charge in [0.1, 0.15) is 11.4 Å². The molecule has 5 nitrogen and oxygen atoms in total. The fourth-order valence-electron chi connectivity index (χ4n) is 3.66. The number of pyridine rings is 1. The second kappa shape index (κ2) is 8.71. The minimum absolute atomic E-state index is 0.00710. The smallest absolute Gasteiger partial charge is 0.242 e. The van der Waals surface area contributed by atoms with Crippen LogP contribution in [0.4, 0.5) is 13.2 Å². The molecule has 0 atom stereocenters. The lowest BCUT2D eigenvalue weighted by molar-refractivity contribution is 0.149. The van der Waals surface area contributed by atoms with Crippen molar-refractivity contribution < 1.29 is 17.7 Å².